The lowest BCUT2D eigenvalue weighted by Crippen LogP contribution is -2.32. The second-order valence-corrected chi connectivity index (χ2v) is 7.97. The number of piperidine rings is 1. The lowest BCUT2D eigenvalue weighted by atomic mass is 9.98. The van der Waals surface area contributed by atoms with Crippen LogP contribution in [0.1, 0.15) is 42.1 Å². The minimum atomic E-state index is -0.123. The molecule has 5 heteroatoms. The van der Waals surface area contributed by atoms with Crippen molar-refractivity contribution in [3.05, 3.63) is 53.6 Å². The van der Waals surface area contributed by atoms with Crippen molar-refractivity contribution in [3.63, 3.8) is 0 Å². The molecule has 0 aliphatic carbocycles. The van der Waals surface area contributed by atoms with Gasteiger partial charge in [0.2, 0.25) is 5.91 Å². The van der Waals surface area contributed by atoms with Crippen molar-refractivity contribution in [2.45, 2.75) is 32.6 Å². The molecule has 0 saturated carbocycles. The molecule has 146 valence electrons. The quantitative estimate of drug-likeness (QED) is 0.877. The molecule has 2 aromatic rings. The maximum Gasteiger partial charge on any atom is 0.255 e. The number of carbonyl (C=O) groups excluding carboxylic acids is 2. The molecule has 2 amide bonds. The minimum absolute atomic E-state index is 0.118. The van der Waals surface area contributed by atoms with Gasteiger partial charge in [0.1, 0.15) is 0 Å². The topological polar surface area (TPSA) is 52.7 Å². The first-order chi connectivity index (χ1) is 13.5. The molecule has 2 aliphatic heterocycles. The fourth-order valence-corrected chi connectivity index (χ4v) is 4.02. The molecule has 1 fully saturated rings. The van der Waals surface area contributed by atoms with Crippen LogP contribution in [-0.4, -0.2) is 32.0 Å². The van der Waals surface area contributed by atoms with Gasteiger partial charge in [0.15, 0.2) is 0 Å². The van der Waals surface area contributed by atoms with E-state index in [-0.39, 0.29) is 11.8 Å². The van der Waals surface area contributed by atoms with Gasteiger partial charge in [0, 0.05) is 49.2 Å². The predicted octanol–water partition coefficient (Wildman–Crippen LogP) is 4.08. The second kappa shape index (κ2) is 7.66. The number of aryl methyl sites for hydroxylation is 1. The van der Waals surface area contributed by atoms with E-state index in [0.717, 1.165) is 35.9 Å². The largest absolute Gasteiger partial charge is 0.372 e. The Morgan fingerprint density at radius 2 is 1.75 bits per heavy atom. The Morgan fingerprint density at radius 1 is 1.04 bits per heavy atom. The Kier molecular flexibility index (Phi) is 5.07. The summed E-state index contributed by atoms with van der Waals surface area (Å²) in [6, 6.07) is 13.6. The zero-order valence-corrected chi connectivity index (χ0v) is 16.6. The highest BCUT2D eigenvalue weighted by molar-refractivity contribution is 6.05. The van der Waals surface area contributed by atoms with Crippen LogP contribution in [0.4, 0.5) is 17.1 Å². The SMILES string of the molecule is CC1CCN(c2ccc(NC(=O)c3ccc4c(c3)CCC(=O)N4C)cc2)CC1. The molecule has 2 aliphatic rings. The molecule has 0 radical (unpaired) electrons. The van der Waals surface area contributed by atoms with Gasteiger partial charge in [0.05, 0.1) is 0 Å². The van der Waals surface area contributed by atoms with Gasteiger partial charge in [-0.2, -0.15) is 0 Å². The van der Waals surface area contributed by atoms with Gasteiger partial charge in [0.25, 0.3) is 5.91 Å². The van der Waals surface area contributed by atoms with Crippen molar-refractivity contribution in [3.8, 4) is 0 Å². The van der Waals surface area contributed by atoms with E-state index in [0.29, 0.717) is 18.4 Å². The fourth-order valence-electron chi connectivity index (χ4n) is 4.02. The third kappa shape index (κ3) is 3.75. The number of amides is 2. The molecule has 28 heavy (non-hydrogen) atoms. The number of nitrogens with one attached hydrogen (secondary N) is 1. The normalized spacial score (nSPS) is 17.4. The third-order valence-corrected chi connectivity index (χ3v) is 5.96. The fraction of sp³-hybridized carbons (Fsp3) is 0.391. The second-order valence-electron chi connectivity index (χ2n) is 7.97. The predicted molar refractivity (Wildman–Crippen MR) is 113 cm³/mol. The van der Waals surface area contributed by atoms with Crippen LogP contribution in [-0.2, 0) is 11.2 Å². The molecule has 0 unspecified atom stereocenters. The van der Waals surface area contributed by atoms with Crippen LogP contribution < -0.4 is 15.1 Å². The summed E-state index contributed by atoms with van der Waals surface area (Å²) in [5, 5.41) is 2.98. The zero-order valence-electron chi connectivity index (χ0n) is 16.6. The van der Waals surface area contributed by atoms with E-state index in [4.69, 9.17) is 0 Å². The van der Waals surface area contributed by atoms with Crippen LogP contribution in [0, 0.1) is 5.92 Å². The number of benzene rings is 2. The number of fused-ring (bicyclic) bond motifs is 1. The van der Waals surface area contributed by atoms with Crippen LogP contribution in [0.25, 0.3) is 0 Å². The molecule has 1 N–H and O–H groups in total. The third-order valence-electron chi connectivity index (χ3n) is 5.96. The number of nitrogens with zero attached hydrogens (tertiary/aromatic N) is 2. The number of carbonyl (C=O) groups is 2. The van der Waals surface area contributed by atoms with E-state index in [9.17, 15) is 9.59 Å². The standard InChI is InChI=1S/C23H27N3O2/c1-16-11-13-26(14-12-16)20-7-5-19(6-8-20)24-23(28)18-3-9-21-17(15-18)4-10-22(27)25(21)2/h3,5-9,15-16H,4,10-14H2,1-2H3,(H,24,28). The van der Waals surface area contributed by atoms with E-state index in [1.807, 2.05) is 24.3 Å². The smallest absolute Gasteiger partial charge is 0.255 e. The van der Waals surface area contributed by atoms with Crippen molar-refractivity contribution in [1.29, 1.82) is 0 Å². The lowest BCUT2D eigenvalue weighted by molar-refractivity contribution is -0.118. The molecule has 0 bridgehead atoms. The molecule has 2 heterocycles. The van der Waals surface area contributed by atoms with E-state index < -0.39 is 0 Å². The van der Waals surface area contributed by atoms with E-state index in [1.165, 1.54) is 18.5 Å². The maximum atomic E-state index is 12.7. The average Bonchev–Trinajstić information content (AvgIpc) is 2.72. The van der Waals surface area contributed by atoms with E-state index in [2.05, 4.69) is 29.3 Å². The molecule has 2 aromatic carbocycles. The van der Waals surface area contributed by atoms with Gasteiger partial charge >= 0.3 is 0 Å². The first-order valence-corrected chi connectivity index (χ1v) is 10.1. The van der Waals surface area contributed by atoms with Gasteiger partial charge in [-0.25, -0.2) is 0 Å². The monoisotopic (exact) mass is 377 g/mol. The molecule has 5 nitrogen and oxygen atoms in total. The first-order valence-electron chi connectivity index (χ1n) is 10.1. The summed E-state index contributed by atoms with van der Waals surface area (Å²) in [4.78, 5) is 28.6. The summed E-state index contributed by atoms with van der Waals surface area (Å²) in [6.07, 6.45) is 3.64. The Morgan fingerprint density at radius 3 is 2.46 bits per heavy atom. The van der Waals surface area contributed by atoms with Gasteiger partial charge < -0.3 is 15.1 Å². The summed E-state index contributed by atoms with van der Waals surface area (Å²) >= 11 is 0. The average molecular weight is 377 g/mol. The first kappa shape index (κ1) is 18.5. The van der Waals surface area contributed by atoms with Crippen LogP contribution >= 0.6 is 0 Å². The number of rotatable bonds is 3. The lowest BCUT2D eigenvalue weighted by Gasteiger charge is -2.32. The molecule has 0 aromatic heterocycles. The molecular weight excluding hydrogens is 350 g/mol. The highest BCUT2D eigenvalue weighted by Crippen LogP contribution is 2.28. The maximum absolute atomic E-state index is 12.7. The van der Waals surface area contributed by atoms with Crippen LogP contribution in [0.5, 0.6) is 0 Å². The molecule has 0 atom stereocenters. The number of anilines is 3. The summed E-state index contributed by atoms with van der Waals surface area (Å²) in [5.74, 6) is 0.805. The van der Waals surface area contributed by atoms with Crippen LogP contribution in [0.3, 0.4) is 0 Å². The van der Waals surface area contributed by atoms with Crippen molar-refractivity contribution >= 4 is 28.9 Å². The van der Waals surface area contributed by atoms with Crippen molar-refractivity contribution in [1.82, 2.24) is 0 Å². The minimum Gasteiger partial charge on any atom is -0.372 e. The Hall–Kier alpha value is -2.82. The number of hydrogen-bond acceptors (Lipinski definition) is 3. The van der Waals surface area contributed by atoms with E-state index in [1.54, 1.807) is 18.0 Å². The Balaban J connectivity index is 1.43. The van der Waals surface area contributed by atoms with Crippen molar-refractivity contribution < 1.29 is 9.59 Å². The Labute approximate surface area is 166 Å². The molecule has 4 rings (SSSR count). The molecule has 1 saturated heterocycles. The van der Waals surface area contributed by atoms with Crippen LogP contribution in [0.15, 0.2) is 42.5 Å². The number of hydrogen-bond donors (Lipinski definition) is 1. The van der Waals surface area contributed by atoms with Gasteiger partial charge in [-0.05, 0) is 73.2 Å². The summed E-state index contributed by atoms with van der Waals surface area (Å²) in [6.45, 7) is 4.50. The van der Waals surface area contributed by atoms with Crippen molar-refractivity contribution in [2.24, 2.45) is 5.92 Å². The van der Waals surface area contributed by atoms with Gasteiger partial charge in [-0.15, -0.1) is 0 Å². The van der Waals surface area contributed by atoms with Crippen LogP contribution in [0.2, 0.25) is 0 Å². The molecular formula is C23H27N3O2. The van der Waals surface area contributed by atoms with E-state index >= 15 is 0 Å². The Bertz CT molecular complexity index is 883. The highest BCUT2D eigenvalue weighted by Gasteiger charge is 2.22. The zero-order chi connectivity index (χ0) is 19.7. The highest BCUT2D eigenvalue weighted by atomic mass is 16.2. The summed E-state index contributed by atoms with van der Waals surface area (Å²) in [5.41, 5.74) is 4.57. The van der Waals surface area contributed by atoms with Gasteiger partial charge in [-0.3, -0.25) is 9.59 Å². The summed E-state index contributed by atoms with van der Waals surface area (Å²) in [7, 11) is 1.78. The summed E-state index contributed by atoms with van der Waals surface area (Å²) < 4.78 is 0. The molecule has 0 spiro atoms. The van der Waals surface area contributed by atoms with Crippen molar-refractivity contribution in [2.75, 3.05) is 35.3 Å². The van der Waals surface area contributed by atoms with Gasteiger partial charge in [-0.1, -0.05) is 6.92 Å².